The van der Waals surface area contributed by atoms with Gasteiger partial charge in [0.25, 0.3) is 0 Å². The van der Waals surface area contributed by atoms with Gasteiger partial charge in [-0.2, -0.15) is 0 Å². The molecule has 0 aromatic heterocycles. The molecule has 0 heterocycles. The predicted molar refractivity (Wildman–Crippen MR) is 57.3 cm³/mol. The molecule has 13 heavy (non-hydrogen) atoms. The molecule has 1 rings (SSSR count). The summed E-state index contributed by atoms with van der Waals surface area (Å²) in [6, 6.07) is 4.49. The molecule has 0 spiro atoms. The second kappa shape index (κ2) is 5.54. The van der Waals surface area contributed by atoms with Crippen molar-refractivity contribution in [2.75, 3.05) is 6.54 Å². The molecule has 2 nitrogen and oxygen atoms in total. The first kappa shape index (κ1) is 12.8. The highest BCUT2D eigenvalue weighted by Crippen LogP contribution is 2.18. The molecule has 4 N–H and O–H groups in total. The second-order valence-corrected chi connectivity index (χ2v) is 3.37. The van der Waals surface area contributed by atoms with Crippen molar-refractivity contribution in [1.29, 1.82) is 0 Å². The largest absolute Gasteiger partial charge is 0.329 e. The number of hydrogen-bond acceptors (Lipinski definition) is 2. The lowest BCUT2D eigenvalue weighted by Crippen LogP contribution is -2.20. The van der Waals surface area contributed by atoms with Crippen molar-refractivity contribution in [2.45, 2.75) is 6.04 Å². The Hall–Kier alpha value is -0.160. The van der Waals surface area contributed by atoms with E-state index in [1.54, 1.807) is 12.1 Å². The average Bonchev–Trinajstić information content (AvgIpc) is 2.08. The Morgan fingerprint density at radius 1 is 1.46 bits per heavy atom. The molecular formula is C8H11BrClFN2. The van der Waals surface area contributed by atoms with Crippen LogP contribution in [0.2, 0.25) is 0 Å². The highest BCUT2D eigenvalue weighted by atomic mass is 79.9. The highest BCUT2D eigenvalue weighted by molar-refractivity contribution is 9.10. The van der Waals surface area contributed by atoms with Gasteiger partial charge in [0, 0.05) is 12.6 Å². The van der Waals surface area contributed by atoms with E-state index in [1.807, 2.05) is 0 Å². The van der Waals surface area contributed by atoms with Crippen molar-refractivity contribution in [3.8, 4) is 0 Å². The Morgan fingerprint density at radius 3 is 2.54 bits per heavy atom. The van der Waals surface area contributed by atoms with E-state index in [0.717, 1.165) is 5.56 Å². The molecule has 1 aromatic carbocycles. The number of halogens is 3. The molecular weight excluding hydrogens is 258 g/mol. The van der Waals surface area contributed by atoms with Gasteiger partial charge in [-0.15, -0.1) is 12.4 Å². The van der Waals surface area contributed by atoms with Gasteiger partial charge < -0.3 is 11.5 Å². The zero-order chi connectivity index (χ0) is 9.14. The van der Waals surface area contributed by atoms with Gasteiger partial charge in [-0.3, -0.25) is 0 Å². The molecule has 0 saturated carbocycles. The maximum atomic E-state index is 12.9. The molecule has 0 saturated heterocycles. The van der Waals surface area contributed by atoms with Crippen LogP contribution in [0.5, 0.6) is 0 Å². The average molecular weight is 270 g/mol. The zero-order valence-electron chi connectivity index (χ0n) is 6.84. The fraction of sp³-hybridized carbons (Fsp3) is 0.250. The minimum absolute atomic E-state index is 0. The lowest BCUT2D eigenvalue weighted by Gasteiger charge is -2.08. The first-order valence-corrected chi connectivity index (χ1v) is 4.35. The molecule has 5 heteroatoms. The topological polar surface area (TPSA) is 52.0 Å². The van der Waals surface area contributed by atoms with E-state index in [4.69, 9.17) is 11.5 Å². The van der Waals surface area contributed by atoms with E-state index in [0.29, 0.717) is 11.0 Å². The minimum Gasteiger partial charge on any atom is -0.329 e. The van der Waals surface area contributed by atoms with E-state index in [1.165, 1.54) is 6.07 Å². The predicted octanol–water partition coefficient (Wildman–Crippen LogP) is 1.97. The standard InChI is InChI=1S/C8H10BrFN2.ClH/c9-6-2-1-5(3-7(6)10)8(12)4-11;/h1-3,8H,4,11-12H2;1H/t8-;/m1./s1. The molecule has 0 unspecified atom stereocenters. The third kappa shape index (κ3) is 3.23. The summed E-state index contributed by atoms with van der Waals surface area (Å²) in [4.78, 5) is 0. The van der Waals surface area contributed by atoms with Crippen LogP contribution in [-0.4, -0.2) is 6.54 Å². The normalized spacial score (nSPS) is 12.0. The molecule has 0 aliphatic heterocycles. The van der Waals surface area contributed by atoms with Crippen molar-refractivity contribution >= 4 is 28.3 Å². The molecule has 1 atom stereocenters. The van der Waals surface area contributed by atoms with Gasteiger partial charge in [0.15, 0.2) is 0 Å². The molecule has 0 fully saturated rings. The third-order valence-electron chi connectivity index (χ3n) is 1.63. The lowest BCUT2D eigenvalue weighted by molar-refractivity contribution is 0.613. The Kier molecular flexibility index (Phi) is 5.48. The summed E-state index contributed by atoms with van der Waals surface area (Å²) in [7, 11) is 0. The van der Waals surface area contributed by atoms with E-state index >= 15 is 0 Å². The third-order valence-corrected chi connectivity index (χ3v) is 2.27. The van der Waals surface area contributed by atoms with Crippen LogP contribution in [0.25, 0.3) is 0 Å². The molecule has 0 bridgehead atoms. The summed E-state index contributed by atoms with van der Waals surface area (Å²) in [5.74, 6) is -0.309. The Morgan fingerprint density at radius 2 is 2.08 bits per heavy atom. The Bertz CT molecular complexity index is 283. The van der Waals surface area contributed by atoms with Crippen LogP contribution >= 0.6 is 28.3 Å². The molecule has 0 aliphatic carbocycles. The zero-order valence-corrected chi connectivity index (χ0v) is 9.24. The fourth-order valence-electron chi connectivity index (χ4n) is 0.879. The summed E-state index contributed by atoms with van der Waals surface area (Å²) in [6.45, 7) is 0.321. The van der Waals surface area contributed by atoms with Crippen LogP contribution in [0.4, 0.5) is 4.39 Å². The highest BCUT2D eigenvalue weighted by Gasteiger charge is 2.06. The molecule has 74 valence electrons. The van der Waals surface area contributed by atoms with Gasteiger partial charge in [0.1, 0.15) is 5.82 Å². The van der Waals surface area contributed by atoms with Gasteiger partial charge in [0.2, 0.25) is 0 Å². The van der Waals surface area contributed by atoms with E-state index in [-0.39, 0.29) is 24.3 Å². The van der Waals surface area contributed by atoms with Gasteiger partial charge >= 0.3 is 0 Å². The van der Waals surface area contributed by atoms with Crippen molar-refractivity contribution in [3.63, 3.8) is 0 Å². The summed E-state index contributed by atoms with van der Waals surface area (Å²) < 4.78 is 13.4. The van der Waals surface area contributed by atoms with E-state index in [2.05, 4.69) is 15.9 Å². The number of rotatable bonds is 2. The quantitative estimate of drug-likeness (QED) is 0.862. The van der Waals surface area contributed by atoms with E-state index < -0.39 is 0 Å². The second-order valence-electron chi connectivity index (χ2n) is 2.52. The molecule has 1 aromatic rings. The van der Waals surface area contributed by atoms with Crippen molar-refractivity contribution in [3.05, 3.63) is 34.1 Å². The maximum absolute atomic E-state index is 12.9. The molecule has 0 aliphatic rings. The SMILES string of the molecule is Cl.NC[C@@H](N)c1ccc(Br)c(F)c1. The lowest BCUT2D eigenvalue weighted by atomic mass is 10.1. The summed E-state index contributed by atoms with van der Waals surface area (Å²) in [5.41, 5.74) is 11.7. The Labute approximate surface area is 91.0 Å². The van der Waals surface area contributed by atoms with Gasteiger partial charge in [-0.05, 0) is 33.6 Å². The van der Waals surface area contributed by atoms with E-state index in [9.17, 15) is 4.39 Å². The number of hydrogen-bond donors (Lipinski definition) is 2. The van der Waals surface area contributed by atoms with Crippen LogP contribution in [-0.2, 0) is 0 Å². The summed E-state index contributed by atoms with van der Waals surface area (Å²) in [5, 5.41) is 0. The van der Waals surface area contributed by atoms with Crippen LogP contribution in [0, 0.1) is 5.82 Å². The fourth-order valence-corrected chi connectivity index (χ4v) is 1.13. The minimum atomic E-state index is -0.309. The van der Waals surface area contributed by atoms with Crippen LogP contribution in [0.15, 0.2) is 22.7 Å². The molecule has 0 amide bonds. The van der Waals surface area contributed by atoms with Gasteiger partial charge in [-0.1, -0.05) is 6.07 Å². The summed E-state index contributed by atoms with van der Waals surface area (Å²) >= 11 is 3.05. The van der Waals surface area contributed by atoms with Gasteiger partial charge in [0.05, 0.1) is 4.47 Å². The van der Waals surface area contributed by atoms with Crippen molar-refractivity contribution < 1.29 is 4.39 Å². The molecule has 0 radical (unpaired) electrons. The number of benzene rings is 1. The first-order chi connectivity index (χ1) is 5.65. The number of nitrogens with two attached hydrogens (primary N) is 2. The smallest absolute Gasteiger partial charge is 0.137 e. The van der Waals surface area contributed by atoms with Crippen molar-refractivity contribution in [2.24, 2.45) is 11.5 Å². The monoisotopic (exact) mass is 268 g/mol. The first-order valence-electron chi connectivity index (χ1n) is 3.55. The maximum Gasteiger partial charge on any atom is 0.137 e. The van der Waals surface area contributed by atoms with Crippen molar-refractivity contribution in [1.82, 2.24) is 0 Å². The van der Waals surface area contributed by atoms with Gasteiger partial charge in [-0.25, -0.2) is 4.39 Å². The van der Waals surface area contributed by atoms with Crippen LogP contribution in [0.1, 0.15) is 11.6 Å². The summed E-state index contributed by atoms with van der Waals surface area (Å²) in [6.07, 6.45) is 0. The Balaban J connectivity index is 0.00000144. The van der Waals surface area contributed by atoms with Crippen LogP contribution in [0.3, 0.4) is 0 Å². The van der Waals surface area contributed by atoms with Crippen LogP contribution < -0.4 is 11.5 Å².